The van der Waals surface area contributed by atoms with Gasteiger partial charge in [-0.2, -0.15) is 0 Å². The highest BCUT2D eigenvalue weighted by Gasteiger charge is 2.04. The molecule has 0 spiro atoms. The standard InChI is InChI=1S/C17H26BrNO2/c1-2-3-14-21-16-10-8-15(9-11-16)17(20)19-13-7-5-4-6-12-18/h8-11H,2-7,12-14H2,1H3,(H,19,20). The lowest BCUT2D eigenvalue weighted by Crippen LogP contribution is -2.24. The average molecular weight is 356 g/mol. The molecular weight excluding hydrogens is 330 g/mol. The minimum Gasteiger partial charge on any atom is -0.494 e. The zero-order chi connectivity index (χ0) is 15.3. The molecule has 21 heavy (non-hydrogen) atoms. The van der Waals surface area contributed by atoms with Gasteiger partial charge in [-0.25, -0.2) is 0 Å². The molecule has 0 fully saturated rings. The van der Waals surface area contributed by atoms with Crippen molar-refractivity contribution in [3.63, 3.8) is 0 Å². The summed E-state index contributed by atoms with van der Waals surface area (Å²) in [5.74, 6) is 0.824. The maximum absolute atomic E-state index is 11.9. The van der Waals surface area contributed by atoms with Crippen molar-refractivity contribution in [3.8, 4) is 5.75 Å². The number of ether oxygens (including phenoxy) is 1. The Balaban J connectivity index is 2.24. The number of halogens is 1. The minimum absolute atomic E-state index is 0.00407. The van der Waals surface area contributed by atoms with Gasteiger partial charge in [0.15, 0.2) is 0 Å². The normalized spacial score (nSPS) is 10.4. The minimum atomic E-state index is -0.00407. The van der Waals surface area contributed by atoms with E-state index < -0.39 is 0 Å². The molecule has 1 aromatic rings. The van der Waals surface area contributed by atoms with Gasteiger partial charge in [-0.1, -0.05) is 42.1 Å². The van der Waals surface area contributed by atoms with Crippen LogP contribution >= 0.6 is 15.9 Å². The second kappa shape index (κ2) is 11.6. The first-order valence-corrected chi connectivity index (χ1v) is 8.97. The number of alkyl halides is 1. The lowest BCUT2D eigenvalue weighted by molar-refractivity contribution is 0.0953. The molecule has 1 N–H and O–H groups in total. The van der Waals surface area contributed by atoms with Gasteiger partial charge < -0.3 is 10.1 Å². The van der Waals surface area contributed by atoms with Crippen LogP contribution in [0, 0.1) is 0 Å². The average Bonchev–Trinajstić information content (AvgIpc) is 2.51. The number of benzene rings is 1. The molecular formula is C17H26BrNO2. The molecule has 0 aliphatic rings. The Morgan fingerprint density at radius 2 is 1.81 bits per heavy atom. The molecule has 0 radical (unpaired) electrons. The Morgan fingerprint density at radius 1 is 1.10 bits per heavy atom. The Morgan fingerprint density at radius 3 is 2.48 bits per heavy atom. The molecule has 0 bridgehead atoms. The maximum atomic E-state index is 11.9. The fraction of sp³-hybridized carbons (Fsp3) is 0.588. The monoisotopic (exact) mass is 355 g/mol. The van der Waals surface area contributed by atoms with Gasteiger partial charge in [0, 0.05) is 17.4 Å². The Hall–Kier alpha value is -1.03. The number of carbonyl (C=O) groups excluding carboxylic acids is 1. The lowest BCUT2D eigenvalue weighted by atomic mass is 10.2. The number of nitrogens with one attached hydrogen (secondary N) is 1. The van der Waals surface area contributed by atoms with E-state index in [1.165, 1.54) is 12.8 Å². The van der Waals surface area contributed by atoms with E-state index in [1.807, 2.05) is 24.3 Å². The van der Waals surface area contributed by atoms with Gasteiger partial charge in [-0.05, 0) is 43.5 Å². The van der Waals surface area contributed by atoms with E-state index in [1.54, 1.807) is 0 Å². The van der Waals surface area contributed by atoms with Crippen LogP contribution in [0.2, 0.25) is 0 Å². The van der Waals surface area contributed by atoms with E-state index >= 15 is 0 Å². The first-order chi connectivity index (χ1) is 10.3. The van der Waals surface area contributed by atoms with Gasteiger partial charge in [-0.15, -0.1) is 0 Å². The van der Waals surface area contributed by atoms with E-state index in [4.69, 9.17) is 4.74 Å². The summed E-state index contributed by atoms with van der Waals surface area (Å²) in [5.41, 5.74) is 0.693. The third-order valence-corrected chi connectivity index (χ3v) is 3.79. The largest absolute Gasteiger partial charge is 0.494 e. The van der Waals surface area contributed by atoms with Crippen molar-refractivity contribution in [1.29, 1.82) is 0 Å². The van der Waals surface area contributed by atoms with Crippen molar-refractivity contribution in [2.45, 2.75) is 45.4 Å². The van der Waals surface area contributed by atoms with Crippen molar-refractivity contribution < 1.29 is 9.53 Å². The Bertz CT molecular complexity index is 392. The van der Waals surface area contributed by atoms with Crippen LogP contribution < -0.4 is 10.1 Å². The molecule has 3 nitrogen and oxygen atoms in total. The molecule has 0 aromatic heterocycles. The van der Waals surface area contributed by atoms with Crippen LogP contribution in [-0.2, 0) is 0 Å². The summed E-state index contributed by atoms with van der Waals surface area (Å²) in [7, 11) is 0. The molecule has 0 saturated heterocycles. The van der Waals surface area contributed by atoms with Gasteiger partial charge in [0.1, 0.15) is 5.75 Å². The fourth-order valence-electron chi connectivity index (χ4n) is 1.91. The van der Waals surface area contributed by atoms with Crippen LogP contribution in [0.5, 0.6) is 5.75 Å². The number of rotatable bonds is 11. The third kappa shape index (κ3) is 8.10. The molecule has 1 amide bonds. The summed E-state index contributed by atoms with van der Waals surface area (Å²) in [4.78, 5) is 11.9. The van der Waals surface area contributed by atoms with E-state index in [0.29, 0.717) is 5.56 Å². The summed E-state index contributed by atoms with van der Waals surface area (Å²) in [6.07, 6.45) is 6.79. The second-order valence-electron chi connectivity index (χ2n) is 5.09. The van der Waals surface area contributed by atoms with Gasteiger partial charge in [0.25, 0.3) is 5.91 Å². The number of hydrogen-bond donors (Lipinski definition) is 1. The van der Waals surface area contributed by atoms with Crippen LogP contribution in [-0.4, -0.2) is 24.4 Å². The van der Waals surface area contributed by atoms with Crippen molar-refractivity contribution in [1.82, 2.24) is 5.32 Å². The molecule has 0 unspecified atom stereocenters. The van der Waals surface area contributed by atoms with Crippen molar-refractivity contribution in [3.05, 3.63) is 29.8 Å². The second-order valence-corrected chi connectivity index (χ2v) is 5.88. The molecule has 0 saturated carbocycles. The molecule has 1 rings (SSSR count). The number of carbonyl (C=O) groups is 1. The smallest absolute Gasteiger partial charge is 0.251 e. The van der Waals surface area contributed by atoms with Gasteiger partial charge in [-0.3, -0.25) is 4.79 Å². The van der Waals surface area contributed by atoms with E-state index in [0.717, 1.165) is 49.9 Å². The summed E-state index contributed by atoms with van der Waals surface area (Å²) in [5, 5.41) is 4.02. The topological polar surface area (TPSA) is 38.3 Å². The zero-order valence-electron chi connectivity index (χ0n) is 12.9. The molecule has 0 heterocycles. The highest BCUT2D eigenvalue weighted by molar-refractivity contribution is 9.09. The zero-order valence-corrected chi connectivity index (χ0v) is 14.5. The summed E-state index contributed by atoms with van der Waals surface area (Å²) < 4.78 is 5.58. The predicted octanol–water partition coefficient (Wildman–Crippen LogP) is 4.55. The van der Waals surface area contributed by atoms with Crippen molar-refractivity contribution in [2.75, 3.05) is 18.5 Å². The van der Waals surface area contributed by atoms with Crippen LogP contribution in [0.4, 0.5) is 0 Å². The van der Waals surface area contributed by atoms with Crippen LogP contribution in [0.3, 0.4) is 0 Å². The molecule has 4 heteroatoms. The molecule has 0 aliphatic heterocycles. The summed E-state index contributed by atoms with van der Waals surface area (Å²) in [6.45, 7) is 3.61. The lowest BCUT2D eigenvalue weighted by Gasteiger charge is -2.07. The van der Waals surface area contributed by atoms with E-state index in [9.17, 15) is 4.79 Å². The van der Waals surface area contributed by atoms with Crippen LogP contribution in [0.15, 0.2) is 24.3 Å². The number of hydrogen-bond acceptors (Lipinski definition) is 2. The van der Waals surface area contributed by atoms with Gasteiger partial charge in [0.2, 0.25) is 0 Å². The SMILES string of the molecule is CCCCOc1ccc(C(=O)NCCCCCCBr)cc1. The van der Waals surface area contributed by atoms with E-state index in [-0.39, 0.29) is 5.91 Å². The summed E-state index contributed by atoms with van der Waals surface area (Å²) in [6, 6.07) is 7.37. The van der Waals surface area contributed by atoms with Crippen LogP contribution in [0.1, 0.15) is 55.8 Å². The molecule has 1 aromatic carbocycles. The van der Waals surface area contributed by atoms with Crippen molar-refractivity contribution in [2.24, 2.45) is 0 Å². The van der Waals surface area contributed by atoms with Crippen LogP contribution in [0.25, 0.3) is 0 Å². The van der Waals surface area contributed by atoms with Crippen molar-refractivity contribution >= 4 is 21.8 Å². The maximum Gasteiger partial charge on any atom is 0.251 e. The predicted molar refractivity (Wildman–Crippen MR) is 91.4 cm³/mol. The number of unbranched alkanes of at least 4 members (excludes halogenated alkanes) is 4. The third-order valence-electron chi connectivity index (χ3n) is 3.23. The van der Waals surface area contributed by atoms with E-state index in [2.05, 4.69) is 28.2 Å². The van der Waals surface area contributed by atoms with Gasteiger partial charge in [0.05, 0.1) is 6.61 Å². The highest BCUT2D eigenvalue weighted by Crippen LogP contribution is 2.12. The summed E-state index contributed by atoms with van der Waals surface area (Å²) >= 11 is 3.42. The van der Waals surface area contributed by atoms with Gasteiger partial charge >= 0.3 is 0 Å². The molecule has 0 aliphatic carbocycles. The fourth-order valence-corrected chi connectivity index (χ4v) is 2.31. The Labute approximate surface area is 136 Å². The number of amides is 1. The molecule has 0 atom stereocenters. The Kier molecular flexibility index (Phi) is 9.96. The first kappa shape index (κ1) is 18.0. The quantitative estimate of drug-likeness (QED) is 0.467. The first-order valence-electron chi connectivity index (χ1n) is 7.85. The highest BCUT2D eigenvalue weighted by atomic mass is 79.9. The molecule has 118 valence electrons.